The summed E-state index contributed by atoms with van der Waals surface area (Å²) in [6, 6.07) is 0. The molecule has 0 heterocycles. The van der Waals surface area contributed by atoms with Crippen LogP contribution in [0.4, 0.5) is 4.79 Å². The lowest BCUT2D eigenvalue weighted by Gasteiger charge is -1.89. The molecule has 0 unspecified atom stereocenters. The molecule has 0 rings (SSSR count). The molecule has 0 fully saturated rings. The SMILES string of the molecule is C#C/C=C/CNC(=O)O. The molecular formula is C6H7NO2. The largest absolute Gasteiger partial charge is 0.465 e. The van der Waals surface area contributed by atoms with Gasteiger partial charge in [-0.3, -0.25) is 0 Å². The Morgan fingerprint density at radius 3 is 3.00 bits per heavy atom. The lowest BCUT2D eigenvalue weighted by molar-refractivity contribution is 0.195. The molecule has 48 valence electrons. The fourth-order valence-corrected chi connectivity index (χ4v) is 0.273. The monoisotopic (exact) mass is 125 g/mol. The third-order valence-corrected chi connectivity index (χ3v) is 0.585. The van der Waals surface area contributed by atoms with Crippen molar-refractivity contribution in [3.63, 3.8) is 0 Å². The van der Waals surface area contributed by atoms with Crippen molar-refractivity contribution in [3.05, 3.63) is 12.2 Å². The third kappa shape index (κ3) is 6.57. The summed E-state index contributed by atoms with van der Waals surface area (Å²) in [5.74, 6) is 2.23. The highest BCUT2D eigenvalue weighted by Gasteiger charge is 1.85. The van der Waals surface area contributed by atoms with Crippen molar-refractivity contribution in [1.29, 1.82) is 0 Å². The van der Waals surface area contributed by atoms with Gasteiger partial charge in [-0.1, -0.05) is 12.0 Å². The zero-order valence-corrected chi connectivity index (χ0v) is 4.79. The van der Waals surface area contributed by atoms with E-state index < -0.39 is 6.09 Å². The van der Waals surface area contributed by atoms with Crippen LogP contribution in [0.3, 0.4) is 0 Å². The molecule has 0 aliphatic carbocycles. The van der Waals surface area contributed by atoms with E-state index in [1.807, 2.05) is 0 Å². The van der Waals surface area contributed by atoms with Crippen LogP contribution in [0, 0.1) is 12.3 Å². The van der Waals surface area contributed by atoms with Crippen molar-refractivity contribution in [2.24, 2.45) is 0 Å². The van der Waals surface area contributed by atoms with E-state index >= 15 is 0 Å². The normalized spacial score (nSPS) is 8.78. The van der Waals surface area contributed by atoms with Crippen LogP contribution in [0.5, 0.6) is 0 Å². The fraction of sp³-hybridized carbons (Fsp3) is 0.167. The molecule has 2 N–H and O–H groups in total. The van der Waals surface area contributed by atoms with E-state index in [4.69, 9.17) is 11.5 Å². The summed E-state index contributed by atoms with van der Waals surface area (Å²) < 4.78 is 0. The second kappa shape index (κ2) is 4.72. The van der Waals surface area contributed by atoms with Crippen molar-refractivity contribution in [2.75, 3.05) is 6.54 Å². The summed E-state index contributed by atoms with van der Waals surface area (Å²) in [5, 5.41) is 10.1. The van der Waals surface area contributed by atoms with Gasteiger partial charge in [-0.2, -0.15) is 0 Å². The Morgan fingerprint density at radius 2 is 2.56 bits per heavy atom. The van der Waals surface area contributed by atoms with Crippen molar-refractivity contribution in [1.82, 2.24) is 5.32 Å². The second-order valence-electron chi connectivity index (χ2n) is 1.26. The number of terminal acetylenes is 1. The summed E-state index contributed by atoms with van der Waals surface area (Å²) in [7, 11) is 0. The summed E-state index contributed by atoms with van der Waals surface area (Å²) in [5.41, 5.74) is 0. The lowest BCUT2D eigenvalue weighted by Crippen LogP contribution is -2.20. The van der Waals surface area contributed by atoms with Crippen LogP contribution in [0.15, 0.2) is 12.2 Å². The van der Waals surface area contributed by atoms with E-state index in [-0.39, 0.29) is 6.54 Å². The van der Waals surface area contributed by atoms with Crippen LogP contribution in [-0.4, -0.2) is 17.7 Å². The molecule has 3 heteroatoms. The number of carboxylic acid groups (broad SMARTS) is 1. The standard InChI is InChI=1S/C6H7NO2/c1-2-3-4-5-7-6(8)9/h1,3-4,7H,5H2,(H,8,9)/b4-3+. The fourth-order valence-electron chi connectivity index (χ4n) is 0.273. The minimum absolute atomic E-state index is 0.263. The van der Waals surface area contributed by atoms with Crippen molar-refractivity contribution in [2.45, 2.75) is 0 Å². The van der Waals surface area contributed by atoms with Gasteiger partial charge in [0.1, 0.15) is 0 Å². The number of hydrogen-bond donors (Lipinski definition) is 2. The quantitative estimate of drug-likeness (QED) is 0.526. The maximum Gasteiger partial charge on any atom is 0.404 e. The first-order valence-corrected chi connectivity index (χ1v) is 2.35. The summed E-state index contributed by atoms with van der Waals surface area (Å²) in [4.78, 5) is 9.77. The third-order valence-electron chi connectivity index (χ3n) is 0.585. The molecule has 0 atom stereocenters. The first-order chi connectivity index (χ1) is 4.27. The van der Waals surface area contributed by atoms with Gasteiger partial charge in [-0.25, -0.2) is 4.79 Å². The van der Waals surface area contributed by atoms with Crippen LogP contribution < -0.4 is 5.32 Å². The number of hydrogen-bond acceptors (Lipinski definition) is 1. The van der Waals surface area contributed by atoms with Crippen LogP contribution in [0.25, 0.3) is 0 Å². The molecule has 0 aliphatic rings. The van der Waals surface area contributed by atoms with Crippen LogP contribution in [0.1, 0.15) is 0 Å². The Hall–Kier alpha value is -1.43. The number of nitrogens with one attached hydrogen (secondary N) is 1. The average Bonchev–Trinajstić information content (AvgIpc) is 1.80. The van der Waals surface area contributed by atoms with Gasteiger partial charge in [0.05, 0.1) is 0 Å². The summed E-state index contributed by atoms with van der Waals surface area (Å²) in [6.45, 7) is 0.263. The Kier molecular flexibility index (Phi) is 3.97. The minimum atomic E-state index is -1.04. The molecule has 0 spiro atoms. The summed E-state index contributed by atoms with van der Waals surface area (Å²) >= 11 is 0. The lowest BCUT2D eigenvalue weighted by atomic mass is 10.5. The van der Waals surface area contributed by atoms with Gasteiger partial charge < -0.3 is 10.4 Å². The van der Waals surface area contributed by atoms with E-state index in [9.17, 15) is 4.79 Å². The molecule has 0 saturated heterocycles. The van der Waals surface area contributed by atoms with E-state index in [1.165, 1.54) is 6.08 Å². The average molecular weight is 125 g/mol. The minimum Gasteiger partial charge on any atom is -0.465 e. The van der Waals surface area contributed by atoms with Gasteiger partial charge in [0.2, 0.25) is 0 Å². The molecule has 0 aliphatic heterocycles. The molecular weight excluding hydrogens is 118 g/mol. The first-order valence-electron chi connectivity index (χ1n) is 2.35. The van der Waals surface area contributed by atoms with Gasteiger partial charge in [0.25, 0.3) is 0 Å². The first kappa shape index (κ1) is 7.57. The van der Waals surface area contributed by atoms with E-state index in [0.29, 0.717) is 0 Å². The molecule has 3 nitrogen and oxygen atoms in total. The van der Waals surface area contributed by atoms with Gasteiger partial charge in [0.15, 0.2) is 0 Å². The second-order valence-corrected chi connectivity index (χ2v) is 1.26. The topological polar surface area (TPSA) is 49.3 Å². The summed E-state index contributed by atoms with van der Waals surface area (Å²) in [6.07, 6.45) is 6.78. The van der Waals surface area contributed by atoms with Gasteiger partial charge in [-0.05, 0) is 6.08 Å². The smallest absolute Gasteiger partial charge is 0.404 e. The predicted octanol–water partition coefficient (Wildman–Crippen LogP) is 0.443. The Morgan fingerprint density at radius 1 is 1.89 bits per heavy atom. The predicted molar refractivity (Wildman–Crippen MR) is 34.0 cm³/mol. The van der Waals surface area contributed by atoms with Gasteiger partial charge in [-0.15, -0.1) is 6.42 Å². The highest BCUT2D eigenvalue weighted by molar-refractivity contribution is 5.64. The Labute approximate surface area is 53.4 Å². The van der Waals surface area contributed by atoms with Crippen molar-refractivity contribution >= 4 is 6.09 Å². The zero-order chi connectivity index (χ0) is 7.11. The van der Waals surface area contributed by atoms with E-state index in [2.05, 4.69) is 11.2 Å². The Bertz CT molecular complexity index is 155. The molecule has 0 saturated carbocycles. The molecule has 0 aromatic carbocycles. The maximum atomic E-state index is 9.77. The highest BCUT2D eigenvalue weighted by Crippen LogP contribution is 1.66. The van der Waals surface area contributed by atoms with Crippen molar-refractivity contribution < 1.29 is 9.90 Å². The number of rotatable bonds is 2. The van der Waals surface area contributed by atoms with Crippen LogP contribution >= 0.6 is 0 Å². The molecule has 1 amide bonds. The molecule has 0 aromatic heterocycles. The maximum absolute atomic E-state index is 9.77. The molecule has 0 bridgehead atoms. The molecule has 0 aromatic rings. The van der Waals surface area contributed by atoms with Gasteiger partial charge in [0, 0.05) is 6.54 Å². The highest BCUT2D eigenvalue weighted by atomic mass is 16.4. The Balaban J connectivity index is 3.22. The number of amides is 1. The van der Waals surface area contributed by atoms with Crippen LogP contribution in [-0.2, 0) is 0 Å². The molecule has 0 radical (unpaired) electrons. The van der Waals surface area contributed by atoms with E-state index in [0.717, 1.165) is 0 Å². The number of allylic oxidation sites excluding steroid dienone is 1. The zero-order valence-electron chi connectivity index (χ0n) is 4.79. The van der Waals surface area contributed by atoms with Crippen molar-refractivity contribution in [3.8, 4) is 12.3 Å². The molecule has 9 heavy (non-hydrogen) atoms. The van der Waals surface area contributed by atoms with Crippen LogP contribution in [0.2, 0.25) is 0 Å². The van der Waals surface area contributed by atoms with E-state index in [1.54, 1.807) is 6.08 Å². The van der Waals surface area contributed by atoms with Gasteiger partial charge >= 0.3 is 6.09 Å². The number of carbonyl (C=O) groups is 1.